The zero-order chi connectivity index (χ0) is 19.7. The van der Waals surface area contributed by atoms with Gasteiger partial charge < -0.3 is 20.3 Å². The number of sulfone groups is 1. The molecule has 0 unspecified atom stereocenters. The molecule has 2 heterocycles. The van der Waals surface area contributed by atoms with E-state index < -0.39 is 9.84 Å². The van der Waals surface area contributed by atoms with Crippen LogP contribution in [0.15, 0.2) is 23.3 Å². The van der Waals surface area contributed by atoms with Crippen LogP contribution in [-0.4, -0.2) is 77.3 Å². The van der Waals surface area contributed by atoms with Crippen LogP contribution in [0.25, 0.3) is 0 Å². The van der Waals surface area contributed by atoms with Crippen LogP contribution in [0, 0.1) is 6.92 Å². The molecule has 160 valence electrons. The first-order valence-electron chi connectivity index (χ1n) is 9.27. The number of aliphatic imine (C=N–C) groups is 1. The van der Waals surface area contributed by atoms with E-state index in [4.69, 9.17) is 4.74 Å². The van der Waals surface area contributed by atoms with Crippen molar-refractivity contribution in [3.63, 3.8) is 0 Å². The van der Waals surface area contributed by atoms with Crippen LogP contribution in [0.5, 0.6) is 0 Å². The molecular weight excluding hydrogens is 493 g/mol. The number of hydrogen-bond acceptors (Lipinski definition) is 6. The topological polar surface area (TPSA) is 95.9 Å². The average molecular weight is 525 g/mol. The monoisotopic (exact) mass is 525 g/mol. The van der Waals surface area contributed by atoms with E-state index in [-0.39, 0.29) is 36.3 Å². The molecule has 1 aromatic heterocycles. The Kier molecular flexibility index (Phi) is 11.1. The number of piperidine rings is 1. The van der Waals surface area contributed by atoms with E-state index in [2.05, 4.69) is 37.6 Å². The fraction of sp³-hybridized carbons (Fsp3) is 0.667. The van der Waals surface area contributed by atoms with Crippen molar-refractivity contribution in [3.05, 3.63) is 23.9 Å². The maximum absolute atomic E-state index is 11.0. The van der Waals surface area contributed by atoms with Gasteiger partial charge in [-0.3, -0.25) is 4.99 Å². The molecule has 0 amide bonds. The first-order valence-corrected chi connectivity index (χ1v) is 11.3. The lowest BCUT2D eigenvalue weighted by Gasteiger charge is -2.33. The highest BCUT2D eigenvalue weighted by atomic mass is 127. The van der Waals surface area contributed by atoms with E-state index in [1.807, 2.05) is 13.1 Å². The largest absolute Gasteiger partial charge is 0.379 e. The maximum Gasteiger partial charge on any atom is 0.191 e. The number of pyridine rings is 1. The van der Waals surface area contributed by atoms with E-state index in [0.717, 1.165) is 37.7 Å². The molecule has 0 saturated carbocycles. The Morgan fingerprint density at radius 1 is 1.32 bits per heavy atom. The first kappa shape index (κ1) is 24.9. The number of nitrogens with one attached hydrogen (secondary N) is 2. The summed E-state index contributed by atoms with van der Waals surface area (Å²) in [5.41, 5.74) is 1.17. The summed E-state index contributed by atoms with van der Waals surface area (Å²) in [6, 6.07) is 4.54. The Bertz CT molecular complexity index is 704. The number of ether oxygens (including phenoxy) is 1. The summed E-state index contributed by atoms with van der Waals surface area (Å²) >= 11 is 0. The molecular formula is C18H32IN5O3S. The van der Waals surface area contributed by atoms with Gasteiger partial charge in [-0.1, -0.05) is 6.07 Å². The van der Waals surface area contributed by atoms with E-state index >= 15 is 0 Å². The van der Waals surface area contributed by atoms with Gasteiger partial charge in [0.15, 0.2) is 5.96 Å². The molecule has 0 spiro atoms. The van der Waals surface area contributed by atoms with Gasteiger partial charge in [0.2, 0.25) is 0 Å². The van der Waals surface area contributed by atoms with Crippen LogP contribution in [-0.2, 0) is 14.6 Å². The highest BCUT2D eigenvalue weighted by molar-refractivity contribution is 14.0. The lowest BCUT2D eigenvalue weighted by molar-refractivity contribution is 0.154. The molecule has 0 aliphatic carbocycles. The Balaban J connectivity index is 0.00000392. The van der Waals surface area contributed by atoms with Gasteiger partial charge in [0.25, 0.3) is 0 Å². The number of rotatable bonds is 8. The standard InChI is InChI=1S/C18H31N5O3S.HI/c1-15-4-5-17(21-14-15)23-9-6-16(7-10-23)22-18(19-2)20-8-11-26-12-13-27(3,24)25;/h4-5,14,16H,6-13H2,1-3H3,(H2,19,20,22);1H. The van der Waals surface area contributed by atoms with Crippen LogP contribution >= 0.6 is 24.0 Å². The van der Waals surface area contributed by atoms with Gasteiger partial charge in [-0.2, -0.15) is 0 Å². The molecule has 1 saturated heterocycles. The zero-order valence-corrected chi connectivity index (χ0v) is 20.0. The summed E-state index contributed by atoms with van der Waals surface area (Å²) in [5.74, 6) is 1.83. The molecule has 0 radical (unpaired) electrons. The van der Waals surface area contributed by atoms with Crippen molar-refractivity contribution in [2.75, 3.05) is 56.8 Å². The molecule has 0 bridgehead atoms. The van der Waals surface area contributed by atoms with Gasteiger partial charge in [0, 0.05) is 45.2 Å². The van der Waals surface area contributed by atoms with Crippen molar-refractivity contribution in [3.8, 4) is 0 Å². The molecule has 28 heavy (non-hydrogen) atoms. The lowest BCUT2D eigenvalue weighted by atomic mass is 10.1. The predicted molar refractivity (Wildman–Crippen MR) is 125 cm³/mol. The molecule has 1 aliphatic heterocycles. The van der Waals surface area contributed by atoms with Crippen molar-refractivity contribution in [2.24, 2.45) is 4.99 Å². The summed E-state index contributed by atoms with van der Waals surface area (Å²) in [5, 5.41) is 6.64. The fourth-order valence-electron chi connectivity index (χ4n) is 2.84. The summed E-state index contributed by atoms with van der Waals surface area (Å²) < 4.78 is 27.4. The second-order valence-electron chi connectivity index (χ2n) is 6.84. The molecule has 1 aliphatic rings. The van der Waals surface area contributed by atoms with Crippen LogP contribution in [0.3, 0.4) is 0 Å². The van der Waals surface area contributed by atoms with Gasteiger partial charge in [0.05, 0.1) is 19.0 Å². The molecule has 0 aromatic carbocycles. The molecule has 1 fully saturated rings. The highest BCUT2D eigenvalue weighted by Gasteiger charge is 2.20. The second-order valence-corrected chi connectivity index (χ2v) is 9.10. The summed E-state index contributed by atoms with van der Waals surface area (Å²) in [4.78, 5) is 11.1. The van der Waals surface area contributed by atoms with Gasteiger partial charge in [-0.15, -0.1) is 24.0 Å². The average Bonchev–Trinajstić information content (AvgIpc) is 2.64. The number of aryl methyl sites for hydroxylation is 1. The molecule has 10 heteroatoms. The lowest BCUT2D eigenvalue weighted by Crippen LogP contribution is -2.49. The highest BCUT2D eigenvalue weighted by Crippen LogP contribution is 2.17. The van der Waals surface area contributed by atoms with Gasteiger partial charge in [-0.05, 0) is 31.4 Å². The minimum Gasteiger partial charge on any atom is -0.379 e. The fourth-order valence-corrected chi connectivity index (χ4v) is 3.26. The third kappa shape index (κ3) is 9.37. The van der Waals surface area contributed by atoms with Gasteiger partial charge in [-0.25, -0.2) is 13.4 Å². The van der Waals surface area contributed by atoms with Crippen LogP contribution in [0.1, 0.15) is 18.4 Å². The molecule has 8 nitrogen and oxygen atoms in total. The Morgan fingerprint density at radius 3 is 2.61 bits per heavy atom. The van der Waals surface area contributed by atoms with E-state index in [1.165, 1.54) is 11.8 Å². The molecule has 0 atom stereocenters. The SMILES string of the molecule is CN=C(NCCOCCS(C)(=O)=O)NC1CCN(c2ccc(C)cn2)CC1.I. The minimum atomic E-state index is -2.97. The number of anilines is 1. The van der Waals surface area contributed by atoms with E-state index in [9.17, 15) is 8.42 Å². The summed E-state index contributed by atoms with van der Waals surface area (Å²) in [7, 11) is -1.23. The predicted octanol–water partition coefficient (Wildman–Crippen LogP) is 1.20. The zero-order valence-electron chi connectivity index (χ0n) is 16.8. The van der Waals surface area contributed by atoms with Gasteiger partial charge in [0.1, 0.15) is 15.7 Å². The third-order valence-corrected chi connectivity index (χ3v) is 5.32. The third-order valence-electron chi connectivity index (χ3n) is 4.42. The number of hydrogen-bond donors (Lipinski definition) is 2. The number of aromatic nitrogens is 1. The van der Waals surface area contributed by atoms with Crippen molar-refractivity contribution >= 4 is 45.6 Å². The van der Waals surface area contributed by atoms with Crippen molar-refractivity contribution in [2.45, 2.75) is 25.8 Å². The van der Waals surface area contributed by atoms with Crippen LogP contribution < -0.4 is 15.5 Å². The number of halogens is 1. The van der Waals surface area contributed by atoms with E-state index in [0.29, 0.717) is 19.2 Å². The molecule has 2 rings (SSSR count). The Hall–Kier alpha value is -1.14. The Labute approximate surface area is 185 Å². The summed E-state index contributed by atoms with van der Waals surface area (Å²) in [6.45, 7) is 5.20. The second kappa shape index (κ2) is 12.4. The van der Waals surface area contributed by atoms with Crippen LogP contribution in [0.4, 0.5) is 5.82 Å². The van der Waals surface area contributed by atoms with Crippen LogP contribution in [0.2, 0.25) is 0 Å². The van der Waals surface area contributed by atoms with Crippen molar-refractivity contribution in [1.82, 2.24) is 15.6 Å². The minimum absolute atomic E-state index is 0. The summed E-state index contributed by atoms with van der Waals surface area (Å²) in [6.07, 6.45) is 5.15. The smallest absolute Gasteiger partial charge is 0.191 e. The number of guanidine groups is 1. The quantitative estimate of drug-likeness (QED) is 0.228. The molecule has 1 aromatic rings. The normalized spacial score (nSPS) is 15.8. The maximum atomic E-state index is 11.0. The number of nitrogens with zero attached hydrogens (tertiary/aromatic N) is 3. The van der Waals surface area contributed by atoms with Crippen molar-refractivity contribution in [1.29, 1.82) is 0 Å². The molecule has 2 N–H and O–H groups in total. The first-order chi connectivity index (χ1) is 12.9. The Morgan fingerprint density at radius 2 is 2.04 bits per heavy atom. The van der Waals surface area contributed by atoms with Gasteiger partial charge >= 0.3 is 0 Å². The van der Waals surface area contributed by atoms with Crippen molar-refractivity contribution < 1.29 is 13.2 Å². The van der Waals surface area contributed by atoms with E-state index in [1.54, 1.807) is 7.05 Å².